The van der Waals surface area contributed by atoms with Crippen LogP contribution in [0.25, 0.3) is 0 Å². The minimum Gasteiger partial charge on any atom is -0.353 e. The Morgan fingerprint density at radius 3 is 2.85 bits per heavy atom. The van der Waals surface area contributed by atoms with E-state index in [9.17, 15) is 4.79 Å². The van der Waals surface area contributed by atoms with Gasteiger partial charge in [0.05, 0.1) is 17.9 Å². The molecular weight excluding hydrogens is 336 g/mol. The number of aromatic nitrogens is 2. The molecule has 5 nitrogen and oxygen atoms in total. The van der Waals surface area contributed by atoms with E-state index >= 15 is 0 Å². The summed E-state index contributed by atoms with van der Waals surface area (Å²) in [5.74, 6) is 0.749. The maximum Gasteiger partial charge on any atom is 0.220 e. The van der Waals surface area contributed by atoms with Gasteiger partial charge < -0.3 is 5.32 Å². The zero-order valence-electron chi connectivity index (χ0n) is 16.2. The maximum absolute atomic E-state index is 11.9. The van der Waals surface area contributed by atoms with Crippen LogP contribution >= 0.6 is 0 Å². The van der Waals surface area contributed by atoms with E-state index in [0.29, 0.717) is 18.4 Å². The average molecular weight is 367 g/mol. The number of aryl methyl sites for hydroxylation is 1. The van der Waals surface area contributed by atoms with Gasteiger partial charge in [-0.1, -0.05) is 37.3 Å². The number of nitrogens with one attached hydrogen (secondary N) is 1. The molecule has 2 aromatic rings. The highest BCUT2D eigenvalue weighted by atomic mass is 16.1. The largest absolute Gasteiger partial charge is 0.353 e. The third kappa shape index (κ3) is 4.98. The summed E-state index contributed by atoms with van der Waals surface area (Å²) in [6.07, 6.45) is 4.74. The van der Waals surface area contributed by atoms with Crippen molar-refractivity contribution in [2.24, 2.45) is 0 Å². The summed E-state index contributed by atoms with van der Waals surface area (Å²) in [4.78, 5) is 14.4. The molecule has 0 radical (unpaired) electrons. The SMILES string of the molecule is C[C@@H](CCN1CCn2nc(CCC(=O)NC3CC3)cc2C1)c1ccccc1. The van der Waals surface area contributed by atoms with Gasteiger partial charge in [-0.15, -0.1) is 0 Å². The number of nitrogens with zero attached hydrogens (tertiary/aromatic N) is 3. The van der Waals surface area contributed by atoms with E-state index in [1.165, 1.54) is 17.7 Å². The van der Waals surface area contributed by atoms with E-state index in [2.05, 4.69) is 58.2 Å². The molecule has 5 heteroatoms. The Labute approximate surface area is 161 Å². The highest BCUT2D eigenvalue weighted by molar-refractivity contribution is 5.76. The molecule has 1 atom stereocenters. The molecule has 1 N–H and O–H groups in total. The van der Waals surface area contributed by atoms with Crippen LogP contribution in [0.2, 0.25) is 0 Å². The van der Waals surface area contributed by atoms with E-state index < -0.39 is 0 Å². The number of hydrogen-bond donors (Lipinski definition) is 1. The van der Waals surface area contributed by atoms with E-state index in [4.69, 9.17) is 5.10 Å². The molecule has 2 aliphatic rings. The van der Waals surface area contributed by atoms with Crippen molar-refractivity contribution in [1.82, 2.24) is 20.0 Å². The van der Waals surface area contributed by atoms with Crippen molar-refractivity contribution in [3.63, 3.8) is 0 Å². The summed E-state index contributed by atoms with van der Waals surface area (Å²) in [5, 5.41) is 7.76. The van der Waals surface area contributed by atoms with Gasteiger partial charge in [-0.3, -0.25) is 14.4 Å². The Bertz CT molecular complexity index is 766. The lowest BCUT2D eigenvalue weighted by molar-refractivity contribution is -0.121. The Balaban J connectivity index is 1.25. The number of fused-ring (bicyclic) bond motifs is 1. The number of carbonyl (C=O) groups excluding carboxylic acids is 1. The monoisotopic (exact) mass is 366 g/mol. The Kier molecular flexibility index (Phi) is 5.58. The number of benzene rings is 1. The average Bonchev–Trinajstić information content (AvgIpc) is 3.40. The van der Waals surface area contributed by atoms with Crippen molar-refractivity contribution in [2.45, 2.75) is 64.1 Å². The molecule has 1 aliphatic carbocycles. The first kappa shape index (κ1) is 18.2. The topological polar surface area (TPSA) is 50.2 Å². The number of carbonyl (C=O) groups is 1. The van der Waals surface area contributed by atoms with Crippen molar-refractivity contribution in [1.29, 1.82) is 0 Å². The molecule has 144 valence electrons. The minimum absolute atomic E-state index is 0.167. The minimum atomic E-state index is 0.167. The van der Waals surface area contributed by atoms with Gasteiger partial charge in [0.1, 0.15) is 0 Å². The van der Waals surface area contributed by atoms with Gasteiger partial charge in [-0.25, -0.2) is 0 Å². The Morgan fingerprint density at radius 1 is 1.26 bits per heavy atom. The van der Waals surface area contributed by atoms with Crippen LogP contribution in [0.5, 0.6) is 0 Å². The molecule has 4 rings (SSSR count). The van der Waals surface area contributed by atoms with Gasteiger partial charge in [0, 0.05) is 32.0 Å². The van der Waals surface area contributed by atoms with E-state index in [1.54, 1.807) is 0 Å². The second-order valence-electron chi connectivity index (χ2n) is 8.07. The highest BCUT2D eigenvalue weighted by Crippen LogP contribution is 2.21. The third-order valence-corrected chi connectivity index (χ3v) is 5.73. The predicted octanol–water partition coefficient (Wildman–Crippen LogP) is 3.10. The van der Waals surface area contributed by atoms with Gasteiger partial charge in [0.25, 0.3) is 0 Å². The smallest absolute Gasteiger partial charge is 0.220 e. The molecule has 0 unspecified atom stereocenters. The van der Waals surface area contributed by atoms with Crippen molar-refractivity contribution in [3.05, 3.63) is 53.3 Å². The Hall–Kier alpha value is -2.14. The molecule has 1 aromatic heterocycles. The first-order valence-corrected chi connectivity index (χ1v) is 10.3. The molecule has 1 aromatic carbocycles. The van der Waals surface area contributed by atoms with Crippen LogP contribution in [0, 0.1) is 0 Å². The molecule has 2 heterocycles. The van der Waals surface area contributed by atoms with Crippen molar-refractivity contribution in [3.8, 4) is 0 Å². The van der Waals surface area contributed by atoms with Gasteiger partial charge in [0.2, 0.25) is 5.91 Å². The van der Waals surface area contributed by atoms with Crippen LogP contribution in [0.1, 0.15) is 55.5 Å². The van der Waals surface area contributed by atoms with Crippen LogP contribution in [0.3, 0.4) is 0 Å². The predicted molar refractivity (Wildman–Crippen MR) is 106 cm³/mol. The molecule has 0 saturated heterocycles. The maximum atomic E-state index is 11.9. The molecule has 0 spiro atoms. The number of rotatable bonds is 8. The lowest BCUT2D eigenvalue weighted by Crippen LogP contribution is -2.34. The lowest BCUT2D eigenvalue weighted by atomic mass is 9.97. The summed E-state index contributed by atoms with van der Waals surface area (Å²) in [6.45, 7) is 6.39. The highest BCUT2D eigenvalue weighted by Gasteiger charge is 2.23. The zero-order valence-corrected chi connectivity index (χ0v) is 16.2. The quantitative estimate of drug-likeness (QED) is 0.781. The fraction of sp³-hybridized carbons (Fsp3) is 0.545. The van der Waals surface area contributed by atoms with Crippen molar-refractivity contribution >= 4 is 5.91 Å². The van der Waals surface area contributed by atoms with Crippen LogP contribution < -0.4 is 5.32 Å². The first-order valence-electron chi connectivity index (χ1n) is 10.3. The van der Waals surface area contributed by atoms with Crippen LogP contribution in [0.15, 0.2) is 36.4 Å². The summed E-state index contributed by atoms with van der Waals surface area (Å²) in [5.41, 5.74) is 3.76. The fourth-order valence-electron chi connectivity index (χ4n) is 3.79. The second kappa shape index (κ2) is 8.26. The van der Waals surface area contributed by atoms with Gasteiger partial charge in [0.15, 0.2) is 0 Å². The van der Waals surface area contributed by atoms with Gasteiger partial charge in [-0.05, 0) is 43.4 Å². The van der Waals surface area contributed by atoms with E-state index in [1.807, 2.05) is 0 Å². The summed E-state index contributed by atoms with van der Waals surface area (Å²) in [7, 11) is 0. The van der Waals surface area contributed by atoms with Crippen molar-refractivity contribution in [2.75, 3.05) is 13.1 Å². The molecule has 1 aliphatic heterocycles. The summed E-state index contributed by atoms with van der Waals surface area (Å²) >= 11 is 0. The van der Waals surface area contributed by atoms with Gasteiger partial charge >= 0.3 is 0 Å². The number of hydrogen-bond acceptors (Lipinski definition) is 3. The zero-order chi connectivity index (χ0) is 18.6. The number of amides is 1. The fourth-order valence-corrected chi connectivity index (χ4v) is 3.79. The molecule has 1 amide bonds. The lowest BCUT2D eigenvalue weighted by Gasteiger charge is -2.28. The normalized spacial score (nSPS) is 18.1. The second-order valence-corrected chi connectivity index (χ2v) is 8.07. The summed E-state index contributed by atoms with van der Waals surface area (Å²) in [6, 6.07) is 13.4. The van der Waals surface area contributed by atoms with Crippen LogP contribution in [-0.2, 0) is 24.3 Å². The van der Waals surface area contributed by atoms with E-state index in [-0.39, 0.29) is 5.91 Å². The molecule has 1 saturated carbocycles. The molecular formula is C22H30N4O. The molecule has 27 heavy (non-hydrogen) atoms. The first-order chi connectivity index (χ1) is 13.2. The third-order valence-electron chi connectivity index (χ3n) is 5.73. The van der Waals surface area contributed by atoms with E-state index in [0.717, 1.165) is 51.1 Å². The molecule has 0 bridgehead atoms. The van der Waals surface area contributed by atoms with Crippen LogP contribution in [-0.4, -0.2) is 39.7 Å². The summed E-state index contributed by atoms with van der Waals surface area (Å²) < 4.78 is 2.13. The van der Waals surface area contributed by atoms with Gasteiger partial charge in [-0.2, -0.15) is 5.10 Å². The standard InChI is InChI=1S/C22H30N4O/c1-17(18-5-3-2-4-6-18)11-12-25-13-14-26-21(16-25)15-20(24-26)9-10-22(27)23-19-7-8-19/h2-6,15,17,19H,7-14,16H2,1H3,(H,23,27)/t17-/m0/s1. The Morgan fingerprint density at radius 2 is 2.07 bits per heavy atom. The van der Waals surface area contributed by atoms with Crippen LogP contribution in [0.4, 0.5) is 0 Å². The molecule has 1 fully saturated rings. The van der Waals surface area contributed by atoms with Crippen molar-refractivity contribution < 1.29 is 4.79 Å².